The topological polar surface area (TPSA) is 0 Å². The van der Waals surface area contributed by atoms with Gasteiger partial charge in [0.25, 0.3) is 0 Å². The minimum atomic E-state index is 0.380. The summed E-state index contributed by atoms with van der Waals surface area (Å²) >= 11 is 24.1. The van der Waals surface area contributed by atoms with Gasteiger partial charge in [0.05, 0.1) is 15.1 Å². The molecule has 0 aromatic heterocycles. The third kappa shape index (κ3) is 5.15. The van der Waals surface area contributed by atoms with Crippen LogP contribution in [-0.4, -0.2) is 0 Å². The molecule has 0 aliphatic heterocycles. The van der Waals surface area contributed by atoms with Crippen molar-refractivity contribution in [2.75, 3.05) is 0 Å². The summed E-state index contributed by atoms with van der Waals surface area (Å²) in [6.07, 6.45) is 3.44. The smallest absolute Gasteiger partial charge is 0.0784 e. The molecule has 2 aromatic carbocycles. The molecule has 0 atom stereocenters. The van der Waals surface area contributed by atoms with Crippen LogP contribution in [0.2, 0.25) is 15.1 Å². The molecule has 5 heteroatoms. The van der Waals surface area contributed by atoms with Gasteiger partial charge in [-0.3, -0.25) is 0 Å². The summed E-state index contributed by atoms with van der Waals surface area (Å²) in [7, 11) is 0. The number of benzene rings is 2. The van der Waals surface area contributed by atoms with Gasteiger partial charge < -0.3 is 0 Å². The zero-order chi connectivity index (χ0) is 16.0. The standard InChI is InChI=1S/C8H6Br2.C8H5Cl3/c1-2-6-4-3-5-7(9)8(6)10;1-2-5-3-4-6(9)8(11)7(5)10/h2-5H,1H2;2-4H,1H2. The van der Waals surface area contributed by atoms with Crippen LogP contribution in [0.4, 0.5) is 0 Å². The Bertz CT molecular complexity index is 667. The summed E-state index contributed by atoms with van der Waals surface area (Å²) in [5.41, 5.74) is 1.90. The molecular weight excluding hydrogens is 458 g/mol. The van der Waals surface area contributed by atoms with E-state index < -0.39 is 0 Å². The van der Waals surface area contributed by atoms with E-state index in [-0.39, 0.29) is 0 Å². The van der Waals surface area contributed by atoms with Crippen molar-refractivity contribution in [3.8, 4) is 0 Å². The Morgan fingerprint density at radius 3 is 1.95 bits per heavy atom. The highest BCUT2D eigenvalue weighted by Gasteiger charge is 2.05. The van der Waals surface area contributed by atoms with Crippen molar-refractivity contribution < 1.29 is 0 Å². The Morgan fingerprint density at radius 2 is 1.43 bits per heavy atom. The van der Waals surface area contributed by atoms with Crippen LogP contribution < -0.4 is 0 Å². The molecule has 0 nitrogen and oxygen atoms in total. The van der Waals surface area contributed by atoms with Crippen LogP contribution in [0, 0.1) is 0 Å². The zero-order valence-corrected chi connectivity index (χ0v) is 16.3. The Kier molecular flexibility index (Phi) is 8.07. The Labute approximate surface area is 156 Å². The summed E-state index contributed by atoms with van der Waals surface area (Å²) in [6.45, 7) is 7.26. The lowest BCUT2D eigenvalue weighted by Gasteiger charge is -2.01. The van der Waals surface area contributed by atoms with E-state index in [0.29, 0.717) is 15.1 Å². The van der Waals surface area contributed by atoms with Gasteiger partial charge >= 0.3 is 0 Å². The Morgan fingerprint density at radius 1 is 0.810 bits per heavy atom. The summed E-state index contributed by atoms with van der Waals surface area (Å²) < 4.78 is 2.12. The number of halogens is 5. The van der Waals surface area contributed by atoms with Crippen molar-refractivity contribution >= 4 is 78.8 Å². The third-order valence-electron chi connectivity index (χ3n) is 2.49. The van der Waals surface area contributed by atoms with E-state index >= 15 is 0 Å². The van der Waals surface area contributed by atoms with Crippen LogP contribution >= 0.6 is 66.7 Å². The van der Waals surface area contributed by atoms with E-state index in [1.54, 1.807) is 18.2 Å². The van der Waals surface area contributed by atoms with Gasteiger partial charge in [0, 0.05) is 8.95 Å². The SMILES string of the molecule is C=Cc1ccc(Cl)c(Cl)c1Cl.C=Cc1cccc(Br)c1Br. The second kappa shape index (κ2) is 9.02. The Balaban J connectivity index is 0.000000211. The molecule has 0 radical (unpaired) electrons. The monoisotopic (exact) mass is 466 g/mol. The van der Waals surface area contributed by atoms with Crippen molar-refractivity contribution in [1.29, 1.82) is 0 Å². The van der Waals surface area contributed by atoms with Crippen molar-refractivity contribution in [2.45, 2.75) is 0 Å². The average molecular weight is 469 g/mol. The average Bonchev–Trinajstić information content (AvgIpc) is 2.49. The first-order valence-corrected chi connectivity index (χ1v) is 8.46. The minimum Gasteiger partial charge on any atom is -0.0984 e. The summed E-state index contributed by atoms with van der Waals surface area (Å²) in [6, 6.07) is 9.42. The predicted molar refractivity (Wildman–Crippen MR) is 103 cm³/mol. The van der Waals surface area contributed by atoms with Crippen molar-refractivity contribution in [3.63, 3.8) is 0 Å². The molecule has 0 heterocycles. The van der Waals surface area contributed by atoms with Crippen LogP contribution in [0.1, 0.15) is 11.1 Å². The maximum atomic E-state index is 5.81. The first-order chi connectivity index (χ1) is 9.92. The maximum Gasteiger partial charge on any atom is 0.0784 e. The first kappa shape index (κ1) is 18.8. The second-order valence-corrected chi connectivity index (χ2v) is 6.63. The fourth-order valence-corrected chi connectivity index (χ4v) is 2.80. The highest BCUT2D eigenvalue weighted by Crippen LogP contribution is 2.32. The molecule has 0 unspecified atom stereocenters. The van der Waals surface area contributed by atoms with E-state index in [4.69, 9.17) is 34.8 Å². The van der Waals surface area contributed by atoms with Crippen LogP contribution in [0.25, 0.3) is 12.2 Å². The zero-order valence-electron chi connectivity index (χ0n) is 10.8. The molecule has 0 aliphatic rings. The van der Waals surface area contributed by atoms with Crippen LogP contribution in [0.3, 0.4) is 0 Å². The molecule has 21 heavy (non-hydrogen) atoms. The highest BCUT2D eigenvalue weighted by atomic mass is 79.9. The van der Waals surface area contributed by atoms with Gasteiger partial charge in [-0.1, -0.05) is 78.3 Å². The predicted octanol–water partition coefficient (Wildman–Crippen LogP) is 8.14. The second-order valence-electron chi connectivity index (χ2n) is 3.82. The summed E-state index contributed by atoms with van der Waals surface area (Å²) in [5.74, 6) is 0. The lowest BCUT2D eigenvalue weighted by Crippen LogP contribution is -1.76. The number of hydrogen-bond acceptors (Lipinski definition) is 0. The normalized spacial score (nSPS) is 9.57. The summed E-state index contributed by atoms with van der Waals surface area (Å²) in [4.78, 5) is 0. The molecule has 0 saturated carbocycles. The van der Waals surface area contributed by atoms with E-state index in [0.717, 1.165) is 20.1 Å². The van der Waals surface area contributed by atoms with Gasteiger partial charge in [0.15, 0.2) is 0 Å². The van der Waals surface area contributed by atoms with E-state index in [1.165, 1.54) is 0 Å². The van der Waals surface area contributed by atoms with Crippen LogP contribution in [0.5, 0.6) is 0 Å². The molecular formula is C16H11Br2Cl3. The van der Waals surface area contributed by atoms with E-state index in [1.807, 2.05) is 24.3 Å². The van der Waals surface area contributed by atoms with Gasteiger partial charge in [-0.15, -0.1) is 0 Å². The maximum absolute atomic E-state index is 5.81. The third-order valence-corrected chi connectivity index (χ3v) is 5.87. The molecule has 2 rings (SSSR count). The number of hydrogen-bond donors (Lipinski definition) is 0. The molecule has 0 aliphatic carbocycles. The molecule has 110 valence electrons. The lowest BCUT2D eigenvalue weighted by atomic mass is 10.2. The molecule has 0 bridgehead atoms. The summed E-state index contributed by atoms with van der Waals surface area (Å²) in [5, 5.41) is 1.29. The van der Waals surface area contributed by atoms with E-state index in [2.05, 4.69) is 45.0 Å². The van der Waals surface area contributed by atoms with E-state index in [9.17, 15) is 0 Å². The molecule has 0 N–H and O–H groups in total. The number of rotatable bonds is 2. The van der Waals surface area contributed by atoms with Crippen LogP contribution in [-0.2, 0) is 0 Å². The highest BCUT2D eigenvalue weighted by molar-refractivity contribution is 9.13. The van der Waals surface area contributed by atoms with Crippen LogP contribution in [0.15, 0.2) is 52.4 Å². The van der Waals surface area contributed by atoms with Crippen molar-refractivity contribution in [1.82, 2.24) is 0 Å². The largest absolute Gasteiger partial charge is 0.0984 e. The molecule has 0 fully saturated rings. The molecule has 0 saturated heterocycles. The first-order valence-electron chi connectivity index (χ1n) is 5.74. The van der Waals surface area contributed by atoms with Crippen molar-refractivity contribution in [3.05, 3.63) is 78.6 Å². The Hall–Kier alpha value is -0.250. The van der Waals surface area contributed by atoms with Gasteiger partial charge in [0.1, 0.15) is 0 Å². The fourth-order valence-electron chi connectivity index (χ4n) is 1.38. The molecule has 2 aromatic rings. The lowest BCUT2D eigenvalue weighted by molar-refractivity contribution is 1.55. The van der Waals surface area contributed by atoms with Gasteiger partial charge in [-0.05, 0) is 55.1 Å². The van der Waals surface area contributed by atoms with Crippen molar-refractivity contribution in [2.24, 2.45) is 0 Å². The van der Waals surface area contributed by atoms with Gasteiger partial charge in [0.2, 0.25) is 0 Å². The molecule has 0 amide bonds. The van der Waals surface area contributed by atoms with Gasteiger partial charge in [-0.2, -0.15) is 0 Å². The fraction of sp³-hybridized carbons (Fsp3) is 0. The van der Waals surface area contributed by atoms with Gasteiger partial charge in [-0.25, -0.2) is 0 Å². The minimum absolute atomic E-state index is 0.380. The molecule has 0 spiro atoms. The quantitative estimate of drug-likeness (QED) is 0.390.